The molecule has 0 spiro atoms. The van der Waals surface area contributed by atoms with Gasteiger partial charge in [-0.05, 0) is 31.7 Å². The van der Waals surface area contributed by atoms with E-state index in [4.69, 9.17) is 9.97 Å². The Balaban J connectivity index is 1.27. The van der Waals surface area contributed by atoms with E-state index in [1.54, 1.807) is 0 Å². The van der Waals surface area contributed by atoms with Crippen molar-refractivity contribution in [3.63, 3.8) is 0 Å². The number of rotatable bonds is 9. The standard InChI is InChI=1S/C25H34N8O/c1-2-26-25-29-23(28-20-10-13-31(14-11-20)17-19-7-4-3-5-8-19)22-24(30-25)33(18-27-22)16-15-32-12-6-9-21(32)34/h3-5,7-8,18,20H,2,6,9-17H2,1H3,(H2,26,28,29,30). The molecule has 2 saturated heterocycles. The van der Waals surface area contributed by atoms with E-state index in [0.717, 1.165) is 69.0 Å². The molecule has 1 aromatic carbocycles. The molecule has 0 bridgehead atoms. The molecule has 0 unspecified atom stereocenters. The summed E-state index contributed by atoms with van der Waals surface area (Å²) >= 11 is 0. The van der Waals surface area contributed by atoms with Gasteiger partial charge in [0.1, 0.15) is 0 Å². The lowest BCUT2D eigenvalue weighted by Gasteiger charge is -2.32. The van der Waals surface area contributed by atoms with Gasteiger partial charge in [0.25, 0.3) is 0 Å². The molecule has 0 radical (unpaired) electrons. The van der Waals surface area contributed by atoms with E-state index in [9.17, 15) is 4.79 Å². The van der Waals surface area contributed by atoms with E-state index >= 15 is 0 Å². The Morgan fingerprint density at radius 3 is 2.62 bits per heavy atom. The predicted molar refractivity (Wildman–Crippen MR) is 134 cm³/mol. The van der Waals surface area contributed by atoms with Gasteiger partial charge in [-0.3, -0.25) is 9.69 Å². The molecule has 2 N–H and O–H groups in total. The minimum atomic E-state index is 0.244. The second-order valence-electron chi connectivity index (χ2n) is 9.20. The summed E-state index contributed by atoms with van der Waals surface area (Å²) in [7, 11) is 0. The SMILES string of the molecule is CCNc1nc(NC2CCN(Cc3ccccc3)CC2)c2ncn(CCN3CCCC3=O)c2n1. The lowest BCUT2D eigenvalue weighted by atomic mass is 10.0. The first-order valence-corrected chi connectivity index (χ1v) is 12.5. The summed E-state index contributed by atoms with van der Waals surface area (Å²) in [6.45, 7) is 8.12. The Hall–Kier alpha value is -3.20. The van der Waals surface area contributed by atoms with Crippen molar-refractivity contribution >= 4 is 28.8 Å². The number of imidazole rings is 1. The number of anilines is 2. The molecular formula is C25H34N8O. The molecule has 5 rings (SSSR count). The molecule has 2 aromatic heterocycles. The Labute approximate surface area is 200 Å². The van der Waals surface area contributed by atoms with Gasteiger partial charge in [-0.25, -0.2) is 4.98 Å². The van der Waals surface area contributed by atoms with Crippen molar-refractivity contribution in [2.45, 2.75) is 51.7 Å². The summed E-state index contributed by atoms with van der Waals surface area (Å²) in [6.07, 6.45) is 5.56. The molecule has 0 atom stereocenters. The third-order valence-electron chi connectivity index (χ3n) is 6.76. The monoisotopic (exact) mass is 462 g/mol. The summed E-state index contributed by atoms with van der Waals surface area (Å²) in [4.78, 5) is 30.6. The maximum atomic E-state index is 12.0. The maximum absolute atomic E-state index is 12.0. The van der Waals surface area contributed by atoms with Crippen molar-refractivity contribution in [2.75, 3.05) is 43.4 Å². The van der Waals surface area contributed by atoms with E-state index in [1.165, 1.54) is 5.56 Å². The number of aromatic nitrogens is 4. The molecule has 180 valence electrons. The molecule has 4 heterocycles. The number of hydrogen-bond donors (Lipinski definition) is 2. The van der Waals surface area contributed by atoms with Crippen LogP contribution >= 0.6 is 0 Å². The molecular weight excluding hydrogens is 428 g/mol. The number of nitrogens with zero attached hydrogens (tertiary/aromatic N) is 6. The summed E-state index contributed by atoms with van der Waals surface area (Å²) in [5.74, 6) is 1.64. The second-order valence-corrected chi connectivity index (χ2v) is 9.20. The van der Waals surface area contributed by atoms with Crippen LogP contribution in [0.4, 0.5) is 11.8 Å². The van der Waals surface area contributed by atoms with Crippen LogP contribution in [0.2, 0.25) is 0 Å². The summed E-state index contributed by atoms with van der Waals surface area (Å²) in [6, 6.07) is 11.0. The quantitative estimate of drug-likeness (QED) is 0.505. The summed E-state index contributed by atoms with van der Waals surface area (Å²) in [5, 5.41) is 6.92. The number of nitrogens with one attached hydrogen (secondary N) is 2. The van der Waals surface area contributed by atoms with E-state index in [0.29, 0.717) is 31.5 Å². The van der Waals surface area contributed by atoms with Crippen LogP contribution in [0.3, 0.4) is 0 Å². The third-order valence-corrected chi connectivity index (χ3v) is 6.76. The van der Waals surface area contributed by atoms with E-state index < -0.39 is 0 Å². The predicted octanol–water partition coefficient (Wildman–Crippen LogP) is 2.96. The van der Waals surface area contributed by atoms with Gasteiger partial charge in [-0.1, -0.05) is 30.3 Å². The summed E-state index contributed by atoms with van der Waals surface area (Å²) in [5.41, 5.74) is 2.96. The van der Waals surface area contributed by atoms with Crippen LogP contribution in [0.5, 0.6) is 0 Å². The van der Waals surface area contributed by atoms with Crippen LogP contribution in [-0.2, 0) is 17.9 Å². The van der Waals surface area contributed by atoms with Gasteiger partial charge in [0.2, 0.25) is 11.9 Å². The fourth-order valence-electron chi connectivity index (χ4n) is 4.88. The number of likely N-dealkylation sites (tertiary alicyclic amines) is 2. The zero-order valence-corrected chi connectivity index (χ0v) is 19.9. The normalized spacial score (nSPS) is 17.6. The van der Waals surface area contributed by atoms with Gasteiger partial charge in [0.15, 0.2) is 17.0 Å². The van der Waals surface area contributed by atoms with E-state index in [-0.39, 0.29) is 5.91 Å². The van der Waals surface area contributed by atoms with Gasteiger partial charge in [0.05, 0.1) is 6.33 Å². The number of fused-ring (bicyclic) bond motifs is 1. The van der Waals surface area contributed by atoms with Crippen LogP contribution < -0.4 is 10.6 Å². The highest BCUT2D eigenvalue weighted by Gasteiger charge is 2.23. The first kappa shape index (κ1) is 22.6. The molecule has 0 aliphatic carbocycles. The van der Waals surface area contributed by atoms with Crippen LogP contribution in [0, 0.1) is 0 Å². The van der Waals surface area contributed by atoms with E-state index in [2.05, 4.69) is 50.8 Å². The van der Waals surface area contributed by atoms with Gasteiger partial charge in [-0.2, -0.15) is 9.97 Å². The molecule has 3 aromatic rings. The number of piperidine rings is 1. The lowest BCUT2D eigenvalue weighted by molar-refractivity contribution is -0.127. The average molecular weight is 463 g/mol. The molecule has 9 heteroatoms. The Morgan fingerprint density at radius 2 is 1.88 bits per heavy atom. The van der Waals surface area contributed by atoms with Crippen molar-refractivity contribution in [2.24, 2.45) is 0 Å². The lowest BCUT2D eigenvalue weighted by Crippen LogP contribution is -2.38. The number of carbonyl (C=O) groups excluding carboxylic acids is 1. The first-order chi connectivity index (χ1) is 16.7. The van der Waals surface area contributed by atoms with Crippen molar-refractivity contribution < 1.29 is 4.79 Å². The van der Waals surface area contributed by atoms with E-state index in [1.807, 2.05) is 22.7 Å². The van der Waals surface area contributed by atoms with Crippen LogP contribution in [0.1, 0.15) is 38.2 Å². The van der Waals surface area contributed by atoms with Gasteiger partial charge in [-0.15, -0.1) is 0 Å². The second kappa shape index (κ2) is 10.4. The van der Waals surface area contributed by atoms with Crippen LogP contribution in [0.25, 0.3) is 11.2 Å². The molecule has 2 fully saturated rings. The number of benzene rings is 1. The third kappa shape index (κ3) is 5.14. The minimum absolute atomic E-state index is 0.244. The fraction of sp³-hybridized carbons (Fsp3) is 0.520. The number of carbonyl (C=O) groups is 1. The zero-order chi connectivity index (χ0) is 23.3. The number of amides is 1. The first-order valence-electron chi connectivity index (χ1n) is 12.5. The minimum Gasteiger partial charge on any atom is -0.365 e. The number of hydrogen-bond acceptors (Lipinski definition) is 7. The smallest absolute Gasteiger partial charge is 0.226 e. The highest BCUT2D eigenvalue weighted by atomic mass is 16.2. The van der Waals surface area contributed by atoms with Crippen molar-refractivity contribution in [1.29, 1.82) is 0 Å². The van der Waals surface area contributed by atoms with Gasteiger partial charge >= 0.3 is 0 Å². The van der Waals surface area contributed by atoms with Crippen LogP contribution in [-0.4, -0.2) is 74.0 Å². The van der Waals surface area contributed by atoms with Gasteiger partial charge in [0, 0.05) is 58.3 Å². The largest absolute Gasteiger partial charge is 0.365 e. The molecule has 2 aliphatic heterocycles. The highest BCUT2D eigenvalue weighted by Crippen LogP contribution is 2.24. The Bertz CT molecular complexity index is 1110. The molecule has 2 aliphatic rings. The molecule has 0 saturated carbocycles. The van der Waals surface area contributed by atoms with Crippen molar-refractivity contribution in [3.8, 4) is 0 Å². The molecule has 34 heavy (non-hydrogen) atoms. The average Bonchev–Trinajstić information content (AvgIpc) is 3.45. The highest BCUT2D eigenvalue weighted by molar-refractivity contribution is 5.84. The van der Waals surface area contributed by atoms with Gasteiger partial charge < -0.3 is 20.1 Å². The Morgan fingerprint density at radius 1 is 1.06 bits per heavy atom. The summed E-state index contributed by atoms with van der Waals surface area (Å²) < 4.78 is 2.04. The zero-order valence-electron chi connectivity index (χ0n) is 19.9. The molecule has 9 nitrogen and oxygen atoms in total. The van der Waals surface area contributed by atoms with Crippen molar-refractivity contribution in [1.82, 2.24) is 29.3 Å². The fourth-order valence-corrected chi connectivity index (χ4v) is 4.88. The van der Waals surface area contributed by atoms with Crippen molar-refractivity contribution in [3.05, 3.63) is 42.2 Å². The Kier molecular flexibility index (Phi) is 6.89. The van der Waals surface area contributed by atoms with Crippen LogP contribution in [0.15, 0.2) is 36.7 Å². The maximum Gasteiger partial charge on any atom is 0.226 e. The topological polar surface area (TPSA) is 91.2 Å². The molecule has 1 amide bonds.